The van der Waals surface area contributed by atoms with Crippen molar-refractivity contribution in [3.63, 3.8) is 0 Å². The number of rotatable bonds is 9. The van der Waals surface area contributed by atoms with E-state index in [0.29, 0.717) is 6.42 Å². The molecule has 14 heavy (non-hydrogen) atoms. The topological polar surface area (TPSA) is 49.7 Å². The van der Waals surface area contributed by atoms with Crippen molar-refractivity contribution in [1.82, 2.24) is 0 Å². The highest BCUT2D eigenvalue weighted by Crippen LogP contribution is 2.05. The van der Waals surface area contributed by atoms with Gasteiger partial charge in [-0.1, -0.05) is 26.2 Å². The van der Waals surface area contributed by atoms with Crippen LogP contribution in [0.15, 0.2) is 0 Å². The van der Waals surface area contributed by atoms with Crippen molar-refractivity contribution < 1.29 is 14.9 Å². The minimum atomic E-state index is -0.638. The molecule has 0 aliphatic carbocycles. The summed E-state index contributed by atoms with van der Waals surface area (Å²) in [5.74, 6) is 0. The second kappa shape index (κ2) is 9.44. The summed E-state index contributed by atoms with van der Waals surface area (Å²) >= 11 is 0. The van der Waals surface area contributed by atoms with Crippen molar-refractivity contribution in [2.24, 2.45) is 0 Å². The first-order valence-corrected chi connectivity index (χ1v) is 5.61. The van der Waals surface area contributed by atoms with E-state index in [1.165, 1.54) is 19.3 Å². The Balaban J connectivity index is 3.22. The predicted molar refractivity (Wildman–Crippen MR) is 57.3 cm³/mol. The monoisotopic (exact) mass is 204 g/mol. The van der Waals surface area contributed by atoms with E-state index in [-0.39, 0.29) is 12.7 Å². The third kappa shape index (κ3) is 8.48. The molecule has 2 N–H and O–H groups in total. The first-order chi connectivity index (χ1) is 6.70. The summed E-state index contributed by atoms with van der Waals surface area (Å²) in [6.45, 7) is 4.70. The second-order valence-electron chi connectivity index (χ2n) is 3.81. The Morgan fingerprint density at radius 1 is 1.21 bits per heavy atom. The molecule has 0 spiro atoms. The zero-order chi connectivity index (χ0) is 10.8. The van der Waals surface area contributed by atoms with Gasteiger partial charge in [-0.25, -0.2) is 0 Å². The molecule has 0 amide bonds. The molecule has 0 aromatic carbocycles. The van der Waals surface area contributed by atoms with Crippen LogP contribution in [0.1, 0.15) is 46.0 Å². The van der Waals surface area contributed by atoms with Gasteiger partial charge in [0.05, 0.1) is 18.8 Å². The fourth-order valence-corrected chi connectivity index (χ4v) is 1.34. The van der Waals surface area contributed by atoms with Gasteiger partial charge in [0.2, 0.25) is 0 Å². The Hall–Kier alpha value is -0.120. The molecule has 0 aromatic rings. The van der Waals surface area contributed by atoms with Crippen molar-refractivity contribution in [3.8, 4) is 0 Å². The van der Waals surface area contributed by atoms with Gasteiger partial charge >= 0.3 is 0 Å². The van der Waals surface area contributed by atoms with Gasteiger partial charge in [-0.3, -0.25) is 0 Å². The maximum Gasteiger partial charge on any atom is 0.0795 e. The van der Waals surface area contributed by atoms with E-state index in [1.807, 2.05) is 6.92 Å². The lowest BCUT2D eigenvalue weighted by atomic mass is 10.2. The fourth-order valence-electron chi connectivity index (χ4n) is 1.34. The van der Waals surface area contributed by atoms with Crippen molar-refractivity contribution in [2.45, 2.75) is 58.2 Å². The van der Waals surface area contributed by atoms with Crippen molar-refractivity contribution in [2.75, 3.05) is 13.2 Å². The molecule has 0 radical (unpaired) electrons. The van der Waals surface area contributed by atoms with Crippen LogP contribution in [-0.4, -0.2) is 35.6 Å². The van der Waals surface area contributed by atoms with Crippen LogP contribution in [0.3, 0.4) is 0 Å². The van der Waals surface area contributed by atoms with Crippen molar-refractivity contribution in [1.29, 1.82) is 0 Å². The highest BCUT2D eigenvalue weighted by molar-refractivity contribution is 4.59. The number of aliphatic hydroxyl groups excluding tert-OH is 2. The standard InChI is InChI=1S/C11H24O3/c1-3-4-5-6-7-14-10(2)8-11(13)9-12/h10-13H,3-9H2,1-2H3. The molecule has 0 aromatic heterocycles. The van der Waals surface area contributed by atoms with Crippen LogP contribution in [0.4, 0.5) is 0 Å². The molecule has 2 unspecified atom stereocenters. The Morgan fingerprint density at radius 3 is 2.50 bits per heavy atom. The molecule has 86 valence electrons. The molecule has 2 atom stereocenters. The van der Waals surface area contributed by atoms with Crippen molar-refractivity contribution >= 4 is 0 Å². The summed E-state index contributed by atoms with van der Waals surface area (Å²) in [5, 5.41) is 17.8. The first kappa shape index (κ1) is 13.9. The van der Waals surface area contributed by atoms with Crippen LogP contribution in [0.25, 0.3) is 0 Å². The van der Waals surface area contributed by atoms with E-state index in [4.69, 9.17) is 14.9 Å². The van der Waals surface area contributed by atoms with Gasteiger partial charge in [0, 0.05) is 13.0 Å². The second-order valence-corrected chi connectivity index (χ2v) is 3.81. The Bertz CT molecular complexity index is 117. The first-order valence-electron chi connectivity index (χ1n) is 5.61. The molecule has 3 heteroatoms. The lowest BCUT2D eigenvalue weighted by Gasteiger charge is -2.15. The third-order valence-electron chi connectivity index (χ3n) is 2.22. The summed E-state index contributed by atoms with van der Waals surface area (Å²) in [6, 6.07) is 0. The Morgan fingerprint density at radius 2 is 1.93 bits per heavy atom. The summed E-state index contributed by atoms with van der Waals surface area (Å²) in [5.41, 5.74) is 0. The summed E-state index contributed by atoms with van der Waals surface area (Å²) in [7, 11) is 0. The summed E-state index contributed by atoms with van der Waals surface area (Å²) < 4.78 is 5.49. The number of unbranched alkanes of at least 4 members (excludes halogenated alkanes) is 3. The van der Waals surface area contributed by atoms with E-state index < -0.39 is 6.10 Å². The highest BCUT2D eigenvalue weighted by atomic mass is 16.5. The minimum Gasteiger partial charge on any atom is -0.394 e. The zero-order valence-corrected chi connectivity index (χ0v) is 9.41. The van der Waals surface area contributed by atoms with Gasteiger partial charge in [-0.15, -0.1) is 0 Å². The average Bonchev–Trinajstić information content (AvgIpc) is 2.17. The lowest BCUT2D eigenvalue weighted by Crippen LogP contribution is -2.21. The van der Waals surface area contributed by atoms with Crippen molar-refractivity contribution in [3.05, 3.63) is 0 Å². The van der Waals surface area contributed by atoms with Gasteiger partial charge in [0.15, 0.2) is 0 Å². The van der Waals surface area contributed by atoms with Gasteiger partial charge in [0.1, 0.15) is 0 Å². The molecule has 0 heterocycles. The third-order valence-corrected chi connectivity index (χ3v) is 2.22. The van der Waals surface area contributed by atoms with Gasteiger partial charge in [-0.2, -0.15) is 0 Å². The van der Waals surface area contributed by atoms with Gasteiger partial charge in [0.25, 0.3) is 0 Å². The summed E-state index contributed by atoms with van der Waals surface area (Å²) in [4.78, 5) is 0. The molecule has 0 bridgehead atoms. The molecule has 0 fully saturated rings. The molecule has 0 saturated heterocycles. The van der Waals surface area contributed by atoms with Crippen LogP contribution in [0.2, 0.25) is 0 Å². The SMILES string of the molecule is CCCCCCOC(C)CC(O)CO. The molecule has 0 aliphatic heterocycles. The van der Waals surface area contributed by atoms with Gasteiger partial charge < -0.3 is 14.9 Å². The largest absolute Gasteiger partial charge is 0.394 e. The van der Waals surface area contributed by atoms with Crippen LogP contribution in [0.5, 0.6) is 0 Å². The van der Waals surface area contributed by atoms with E-state index in [2.05, 4.69) is 6.92 Å². The van der Waals surface area contributed by atoms with E-state index >= 15 is 0 Å². The molecular formula is C11H24O3. The van der Waals surface area contributed by atoms with E-state index in [9.17, 15) is 0 Å². The maximum atomic E-state index is 9.14. The summed E-state index contributed by atoms with van der Waals surface area (Å²) in [6.07, 6.45) is 4.72. The molecule has 3 nitrogen and oxygen atoms in total. The molecule has 0 saturated carbocycles. The molecule has 0 rings (SSSR count). The van der Waals surface area contributed by atoms with Crippen LogP contribution in [0, 0.1) is 0 Å². The quantitative estimate of drug-likeness (QED) is 0.562. The normalized spacial score (nSPS) is 15.4. The maximum absolute atomic E-state index is 9.14. The van der Waals surface area contributed by atoms with Crippen LogP contribution >= 0.6 is 0 Å². The minimum absolute atomic E-state index is 0.0405. The van der Waals surface area contributed by atoms with Gasteiger partial charge in [-0.05, 0) is 13.3 Å². The number of hydrogen-bond acceptors (Lipinski definition) is 3. The fraction of sp³-hybridized carbons (Fsp3) is 1.00. The number of hydrogen-bond donors (Lipinski definition) is 2. The number of ether oxygens (including phenoxy) is 1. The van der Waals surface area contributed by atoms with E-state index in [1.54, 1.807) is 0 Å². The molecule has 0 aliphatic rings. The Labute approximate surface area is 87.1 Å². The lowest BCUT2D eigenvalue weighted by molar-refractivity contribution is 0.00523. The Kier molecular flexibility index (Phi) is 9.35. The predicted octanol–water partition coefficient (Wildman–Crippen LogP) is 1.72. The smallest absolute Gasteiger partial charge is 0.0795 e. The van der Waals surface area contributed by atoms with Crippen LogP contribution < -0.4 is 0 Å². The van der Waals surface area contributed by atoms with E-state index in [0.717, 1.165) is 13.0 Å². The van der Waals surface area contributed by atoms with Crippen LogP contribution in [-0.2, 0) is 4.74 Å². The average molecular weight is 204 g/mol. The molecular weight excluding hydrogens is 180 g/mol. The zero-order valence-electron chi connectivity index (χ0n) is 9.41. The number of aliphatic hydroxyl groups is 2. The highest BCUT2D eigenvalue weighted by Gasteiger charge is 2.08.